The molecule has 15 heavy (non-hydrogen) atoms. The van der Waals surface area contributed by atoms with Crippen LogP contribution in [0.25, 0.3) is 0 Å². The van der Waals surface area contributed by atoms with E-state index in [9.17, 15) is 4.79 Å². The van der Waals surface area contributed by atoms with E-state index in [2.05, 4.69) is 4.98 Å². The summed E-state index contributed by atoms with van der Waals surface area (Å²) >= 11 is 0. The maximum Gasteiger partial charge on any atom is 0.332 e. The number of hydrogen-bond acceptors (Lipinski definition) is 3. The Labute approximate surface area is 94.5 Å². The molecule has 1 heterocycles. The molecule has 0 radical (unpaired) electrons. The maximum atomic E-state index is 10.5. The van der Waals surface area contributed by atoms with Gasteiger partial charge < -0.3 is 14.4 Å². The lowest BCUT2D eigenvalue weighted by Gasteiger charge is -2.15. The lowest BCUT2D eigenvalue weighted by Crippen LogP contribution is -2.23. The Hall–Kier alpha value is -1.07. The van der Waals surface area contributed by atoms with Gasteiger partial charge in [-0.3, -0.25) is 0 Å². The highest BCUT2D eigenvalue weighted by atomic mass is 35.5. The van der Waals surface area contributed by atoms with Crippen LogP contribution in [0.15, 0.2) is 18.7 Å². The molecule has 1 rings (SSSR count). The van der Waals surface area contributed by atoms with Crippen LogP contribution in [-0.4, -0.2) is 33.3 Å². The van der Waals surface area contributed by atoms with Crippen LogP contribution in [0.1, 0.15) is 19.9 Å². The van der Waals surface area contributed by atoms with Crippen molar-refractivity contribution in [1.29, 1.82) is 0 Å². The summed E-state index contributed by atoms with van der Waals surface area (Å²) < 4.78 is 7.01. The zero-order valence-electron chi connectivity index (χ0n) is 8.66. The quantitative estimate of drug-likeness (QED) is 0.836. The maximum absolute atomic E-state index is 10.5. The van der Waals surface area contributed by atoms with Crippen molar-refractivity contribution >= 4 is 18.4 Å². The minimum absolute atomic E-state index is 0. The van der Waals surface area contributed by atoms with E-state index in [4.69, 9.17) is 9.84 Å². The normalized spacial score (nSPS) is 14.0. The number of ether oxygens (including phenoxy) is 1. The van der Waals surface area contributed by atoms with Gasteiger partial charge in [0.25, 0.3) is 0 Å². The molecular formula is C9H15ClN2O3. The number of carboxylic acids is 1. The minimum atomic E-state index is -0.942. The highest BCUT2D eigenvalue weighted by Gasteiger charge is 2.13. The molecule has 0 saturated heterocycles. The van der Waals surface area contributed by atoms with Gasteiger partial charge in [-0.15, -0.1) is 12.4 Å². The van der Waals surface area contributed by atoms with Crippen molar-refractivity contribution in [1.82, 2.24) is 9.55 Å². The Morgan fingerprint density at radius 1 is 1.60 bits per heavy atom. The van der Waals surface area contributed by atoms with Crippen LogP contribution in [0.3, 0.4) is 0 Å². The summed E-state index contributed by atoms with van der Waals surface area (Å²) in [5, 5.41) is 8.58. The Morgan fingerprint density at radius 2 is 2.27 bits per heavy atom. The molecule has 5 nitrogen and oxygen atoms in total. The zero-order chi connectivity index (χ0) is 10.6. The van der Waals surface area contributed by atoms with Gasteiger partial charge in [-0.1, -0.05) is 0 Å². The van der Waals surface area contributed by atoms with Crippen LogP contribution in [-0.2, 0) is 9.53 Å². The van der Waals surface area contributed by atoms with Gasteiger partial charge in [0, 0.05) is 12.4 Å². The van der Waals surface area contributed by atoms with Crippen molar-refractivity contribution < 1.29 is 14.6 Å². The summed E-state index contributed by atoms with van der Waals surface area (Å²) in [5.41, 5.74) is 0. The van der Waals surface area contributed by atoms with E-state index in [1.807, 2.05) is 17.7 Å². The lowest BCUT2D eigenvalue weighted by atomic mass is 10.3. The molecule has 0 aliphatic rings. The zero-order valence-corrected chi connectivity index (χ0v) is 9.48. The van der Waals surface area contributed by atoms with Crippen molar-refractivity contribution in [2.24, 2.45) is 0 Å². The van der Waals surface area contributed by atoms with Crippen molar-refractivity contribution in [3.8, 4) is 0 Å². The van der Waals surface area contributed by atoms with Crippen molar-refractivity contribution in [2.75, 3.05) is 6.61 Å². The SMILES string of the molecule is CC(OCC(C)n1ccnc1)C(=O)O.Cl. The Morgan fingerprint density at radius 3 is 2.73 bits per heavy atom. The van der Waals surface area contributed by atoms with Gasteiger partial charge in [0.05, 0.1) is 19.0 Å². The molecule has 1 aromatic rings. The topological polar surface area (TPSA) is 64.4 Å². The number of halogens is 1. The smallest absolute Gasteiger partial charge is 0.332 e. The van der Waals surface area contributed by atoms with Gasteiger partial charge in [-0.05, 0) is 13.8 Å². The Bertz CT molecular complexity index is 290. The molecule has 86 valence electrons. The van der Waals surface area contributed by atoms with E-state index in [1.165, 1.54) is 6.92 Å². The number of aliphatic carboxylic acids is 1. The van der Waals surface area contributed by atoms with E-state index in [0.29, 0.717) is 6.61 Å². The first-order valence-corrected chi connectivity index (χ1v) is 4.43. The number of rotatable bonds is 5. The summed E-state index contributed by atoms with van der Waals surface area (Å²) in [5.74, 6) is -0.942. The largest absolute Gasteiger partial charge is 0.479 e. The average Bonchev–Trinajstić information content (AvgIpc) is 2.66. The van der Waals surface area contributed by atoms with Gasteiger partial charge in [0.1, 0.15) is 0 Å². The van der Waals surface area contributed by atoms with Crippen LogP contribution >= 0.6 is 12.4 Å². The molecule has 0 bridgehead atoms. The van der Waals surface area contributed by atoms with Crippen LogP contribution < -0.4 is 0 Å². The molecule has 0 aromatic carbocycles. The molecule has 0 spiro atoms. The Balaban J connectivity index is 0.00000196. The summed E-state index contributed by atoms with van der Waals surface area (Å²) in [6, 6.07) is 0.0966. The van der Waals surface area contributed by atoms with Crippen LogP contribution in [0.4, 0.5) is 0 Å². The Kier molecular flexibility index (Phi) is 5.96. The van der Waals surface area contributed by atoms with Crippen LogP contribution in [0.5, 0.6) is 0 Å². The summed E-state index contributed by atoms with van der Waals surface area (Å²) in [6.07, 6.45) is 4.41. The molecule has 6 heteroatoms. The standard InChI is InChI=1S/C9H14N2O3.ClH/c1-7(11-4-3-10-6-11)5-14-8(2)9(12)13;/h3-4,6-8H,5H2,1-2H3,(H,12,13);1H. The van der Waals surface area contributed by atoms with Crippen molar-refractivity contribution in [3.63, 3.8) is 0 Å². The number of carbonyl (C=O) groups is 1. The number of hydrogen-bond donors (Lipinski definition) is 1. The summed E-state index contributed by atoms with van der Waals surface area (Å²) in [4.78, 5) is 14.4. The second-order valence-electron chi connectivity index (χ2n) is 3.17. The monoisotopic (exact) mass is 234 g/mol. The molecular weight excluding hydrogens is 220 g/mol. The highest BCUT2D eigenvalue weighted by molar-refractivity contribution is 5.85. The third kappa shape index (κ3) is 4.31. The fourth-order valence-corrected chi connectivity index (χ4v) is 0.971. The van der Waals surface area contributed by atoms with Crippen LogP contribution in [0, 0.1) is 0 Å². The van der Waals surface area contributed by atoms with Crippen molar-refractivity contribution in [3.05, 3.63) is 18.7 Å². The molecule has 2 atom stereocenters. The number of aromatic nitrogens is 2. The molecule has 1 N–H and O–H groups in total. The van der Waals surface area contributed by atoms with Crippen LogP contribution in [0.2, 0.25) is 0 Å². The average molecular weight is 235 g/mol. The molecule has 0 amide bonds. The van der Waals surface area contributed by atoms with E-state index in [1.54, 1.807) is 12.5 Å². The molecule has 2 unspecified atom stereocenters. The predicted octanol–water partition coefficient (Wildman–Crippen LogP) is 1.36. The van der Waals surface area contributed by atoms with Crippen molar-refractivity contribution in [2.45, 2.75) is 26.0 Å². The molecule has 1 aromatic heterocycles. The second kappa shape index (κ2) is 6.42. The lowest BCUT2D eigenvalue weighted by molar-refractivity contribution is -0.149. The second-order valence-corrected chi connectivity index (χ2v) is 3.17. The molecule has 0 aliphatic carbocycles. The molecule has 0 fully saturated rings. The third-order valence-corrected chi connectivity index (χ3v) is 1.97. The predicted molar refractivity (Wildman–Crippen MR) is 57.2 cm³/mol. The van der Waals surface area contributed by atoms with E-state index in [-0.39, 0.29) is 18.4 Å². The van der Waals surface area contributed by atoms with E-state index < -0.39 is 12.1 Å². The summed E-state index contributed by atoms with van der Waals surface area (Å²) in [6.45, 7) is 3.82. The van der Waals surface area contributed by atoms with E-state index >= 15 is 0 Å². The molecule has 0 saturated carbocycles. The van der Waals surface area contributed by atoms with Gasteiger partial charge in [0.2, 0.25) is 0 Å². The number of nitrogens with zero attached hydrogens (tertiary/aromatic N) is 2. The first kappa shape index (κ1) is 13.9. The van der Waals surface area contributed by atoms with Gasteiger partial charge >= 0.3 is 5.97 Å². The molecule has 0 aliphatic heterocycles. The van der Waals surface area contributed by atoms with Gasteiger partial charge in [0.15, 0.2) is 6.10 Å². The fraction of sp³-hybridized carbons (Fsp3) is 0.556. The third-order valence-electron chi connectivity index (χ3n) is 1.97. The first-order chi connectivity index (χ1) is 6.61. The van der Waals surface area contributed by atoms with Gasteiger partial charge in [-0.2, -0.15) is 0 Å². The van der Waals surface area contributed by atoms with Gasteiger partial charge in [-0.25, -0.2) is 9.78 Å². The minimum Gasteiger partial charge on any atom is -0.479 e. The summed E-state index contributed by atoms with van der Waals surface area (Å²) in [7, 11) is 0. The first-order valence-electron chi connectivity index (χ1n) is 4.43. The van der Waals surface area contributed by atoms with E-state index in [0.717, 1.165) is 0 Å². The fourth-order valence-electron chi connectivity index (χ4n) is 0.971. The highest BCUT2D eigenvalue weighted by Crippen LogP contribution is 2.06. The number of carboxylic acid groups (broad SMARTS) is 1. The number of imidazole rings is 1.